The van der Waals surface area contributed by atoms with Gasteiger partial charge in [-0.3, -0.25) is 9.97 Å². The molecule has 5 heteroatoms. The summed E-state index contributed by atoms with van der Waals surface area (Å²) < 4.78 is 12.6. The Bertz CT molecular complexity index is 869. The first-order valence-electron chi connectivity index (χ1n) is 9.17. The average Bonchev–Trinajstić information content (AvgIpc) is 2.90. The van der Waals surface area contributed by atoms with E-state index in [0.717, 1.165) is 27.7 Å². The summed E-state index contributed by atoms with van der Waals surface area (Å²) in [4.78, 5) is 8.26. The van der Waals surface area contributed by atoms with Crippen LogP contribution in [0.5, 0.6) is 0 Å². The summed E-state index contributed by atoms with van der Waals surface area (Å²) in [5, 5.41) is 0. The maximum Gasteiger partial charge on any atom is 0.494 e. The number of aromatic nitrogens is 2. The van der Waals surface area contributed by atoms with Crippen LogP contribution in [0.15, 0.2) is 67.3 Å². The second-order valence-electron chi connectivity index (χ2n) is 7.90. The number of hydrogen-bond donors (Lipinski definition) is 0. The molecule has 27 heavy (non-hydrogen) atoms. The predicted molar refractivity (Wildman–Crippen MR) is 109 cm³/mol. The van der Waals surface area contributed by atoms with Crippen molar-refractivity contribution in [1.29, 1.82) is 0 Å². The second-order valence-corrected chi connectivity index (χ2v) is 7.90. The molecule has 1 aliphatic rings. The maximum atomic E-state index is 6.28. The number of pyridine rings is 2. The summed E-state index contributed by atoms with van der Waals surface area (Å²) >= 11 is 0. The Morgan fingerprint density at radius 3 is 1.44 bits per heavy atom. The van der Waals surface area contributed by atoms with Crippen molar-refractivity contribution in [2.45, 2.75) is 38.9 Å². The highest BCUT2D eigenvalue weighted by molar-refractivity contribution is 6.62. The van der Waals surface area contributed by atoms with Crippen molar-refractivity contribution < 1.29 is 9.31 Å². The summed E-state index contributed by atoms with van der Waals surface area (Å²) in [6.45, 7) is 8.29. The third-order valence-corrected chi connectivity index (χ3v) is 5.51. The molecule has 0 N–H and O–H groups in total. The van der Waals surface area contributed by atoms with Crippen LogP contribution in [0.2, 0.25) is 0 Å². The number of nitrogens with zero attached hydrogens (tertiary/aromatic N) is 2. The van der Waals surface area contributed by atoms with Gasteiger partial charge in [0.15, 0.2) is 0 Å². The van der Waals surface area contributed by atoms with Crippen molar-refractivity contribution in [3.8, 4) is 22.3 Å². The Balaban J connectivity index is 1.82. The lowest BCUT2D eigenvalue weighted by Gasteiger charge is -2.32. The van der Waals surface area contributed by atoms with Crippen molar-refractivity contribution in [2.75, 3.05) is 0 Å². The molecule has 0 saturated carbocycles. The molecule has 2 aromatic heterocycles. The van der Waals surface area contributed by atoms with E-state index in [1.807, 2.05) is 49.1 Å². The van der Waals surface area contributed by atoms with Crippen molar-refractivity contribution in [1.82, 2.24) is 9.97 Å². The summed E-state index contributed by atoms with van der Waals surface area (Å²) in [5.74, 6) is 0. The van der Waals surface area contributed by atoms with Crippen molar-refractivity contribution >= 4 is 12.6 Å². The van der Waals surface area contributed by atoms with E-state index in [1.165, 1.54) is 0 Å². The molecule has 4 nitrogen and oxygen atoms in total. The molecular weight excluding hydrogens is 335 g/mol. The summed E-state index contributed by atoms with van der Waals surface area (Å²) in [7, 11) is -0.405. The Labute approximate surface area is 160 Å². The molecule has 0 spiro atoms. The Kier molecular flexibility index (Phi) is 4.37. The lowest BCUT2D eigenvalue weighted by atomic mass is 9.76. The van der Waals surface area contributed by atoms with Gasteiger partial charge >= 0.3 is 7.12 Å². The van der Waals surface area contributed by atoms with E-state index in [1.54, 1.807) is 0 Å². The van der Waals surface area contributed by atoms with Crippen LogP contribution in [0.4, 0.5) is 0 Å². The first kappa shape index (κ1) is 17.9. The molecule has 0 unspecified atom stereocenters. The Morgan fingerprint density at radius 2 is 1.04 bits per heavy atom. The predicted octanol–water partition coefficient (Wildman–Crippen LogP) is 4.11. The molecule has 0 aliphatic carbocycles. The van der Waals surface area contributed by atoms with Crippen LogP contribution < -0.4 is 5.46 Å². The molecule has 0 radical (unpaired) electrons. The van der Waals surface area contributed by atoms with Crippen LogP contribution in [0.3, 0.4) is 0 Å². The normalized spacial score (nSPS) is 17.9. The fourth-order valence-corrected chi connectivity index (χ4v) is 3.19. The second kappa shape index (κ2) is 6.59. The summed E-state index contributed by atoms with van der Waals surface area (Å²) in [6, 6.07) is 14.5. The zero-order valence-electron chi connectivity index (χ0n) is 16.1. The highest BCUT2D eigenvalue weighted by Gasteiger charge is 2.51. The molecule has 0 bridgehead atoms. The van der Waals surface area contributed by atoms with Gasteiger partial charge in [-0.2, -0.15) is 0 Å². The zero-order chi connectivity index (χ0) is 19.1. The van der Waals surface area contributed by atoms with Crippen molar-refractivity contribution in [3.05, 3.63) is 67.3 Å². The molecular formula is C22H23BN2O2. The Morgan fingerprint density at radius 1 is 0.630 bits per heavy atom. The molecule has 1 aliphatic heterocycles. The van der Waals surface area contributed by atoms with E-state index in [0.29, 0.717) is 0 Å². The monoisotopic (exact) mass is 358 g/mol. The van der Waals surface area contributed by atoms with Gasteiger partial charge in [-0.25, -0.2) is 0 Å². The van der Waals surface area contributed by atoms with E-state index in [2.05, 4.69) is 55.9 Å². The third kappa shape index (κ3) is 3.40. The fourth-order valence-electron chi connectivity index (χ4n) is 3.19. The minimum Gasteiger partial charge on any atom is -0.399 e. The maximum absolute atomic E-state index is 6.28. The number of hydrogen-bond acceptors (Lipinski definition) is 4. The van der Waals surface area contributed by atoms with E-state index in [-0.39, 0.29) is 11.2 Å². The molecule has 0 atom stereocenters. The van der Waals surface area contributed by atoms with E-state index >= 15 is 0 Å². The van der Waals surface area contributed by atoms with Gasteiger partial charge < -0.3 is 9.31 Å². The summed E-state index contributed by atoms with van der Waals surface area (Å²) in [5.41, 5.74) is 4.70. The minimum absolute atomic E-state index is 0.374. The topological polar surface area (TPSA) is 44.2 Å². The Hall–Kier alpha value is -2.50. The quantitative estimate of drug-likeness (QED) is 0.661. The number of benzene rings is 1. The lowest BCUT2D eigenvalue weighted by Crippen LogP contribution is -2.41. The molecule has 1 aromatic carbocycles. The highest BCUT2D eigenvalue weighted by Crippen LogP contribution is 2.37. The van der Waals surface area contributed by atoms with E-state index < -0.39 is 7.12 Å². The van der Waals surface area contributed by atoms with Gasteiger partial charge in [0.25, 0.3) is 0 Å². The smallest absolute Gasteiger partial charge is 0.399 e. The lowest BCUT2D eigenvalue weighted by molar-refractivity contribution is 0.00578. The molecule has 4 rings (SSSR count). The van der Waals surface area contributed by atoms with Gasteiger partial charge in [0.2, 0.25) is 0 Å². The molecule has 3 aromatic rings. The SMILES string of the molecule is CC1(C)OB(c2cc(-c3ccncc3)cc(-c3ccncc3)c2)OC1(C)C. The standard InChI is InChI=1S/C22H23BN2O2/c1-21(2)22(3,4)27-23(26-21)20-14-18(16-5-9-24-10-6-16)13-19(15-20)17-7-11-25-12-8-17/h5-15H,1-4H3. The highest BCUT2D eigenvalue weighted by atomic mass is 16.7. The van der Waals surface area contributed by atoms with Gasteiger partial charge in [0.1, 0.15) is 0 Å². The van der Waals surface area contributed by atoms with Gasteiger partial charge in [0, 0.05) is 24.8 Å². The molecule has 1 fully saturated rings. The van der Waals surface area contributed by atoms with Gasteiger partial charge in [0.05, 0.1) is 11.2 Å². The van der Waals surface area contributed by atoms with Gasteiger partial charge in [-0.1, -0.05) is 12.1 Å². The zero-order valence-corrected chi connectivity index (χ0v) is 16.1. The van der Waals surface area contributed by atoms with Crippen molar-refractivity contribution in [3.63, 3.8) is 0 Å². The van der Waals surface area contributed by atoms with Crippen LogP contribution in [0, 0.1) is 0 Å². The molecule has 1 saturated heterocycles. The van der Waals surface area contributed by atoms with Gasteiger partial charge in [-0.05, 0) is 85.7 Å². The van der Waals surface area contributed by atoms with Crippen LogP contribution in [0.25, 0.3) is 22.3 Å². The largest absolute Gasteiger partial charge is 0.494 e. The average molecular weight is 358 g/mol. The van der Waals surface area contributed by atoms with Crippen molar-refractivity contribution in [2.24, 2.45) is 0 Å². The first-order valence-corrected chi connectivity index (χ1v) is 9.17. The minimum atomic E-state index is -0.405. The summed E-state index contributed by atoms with van der Waals surface area (Å²) in [6.07, 6.45) is 7.23. The molecule has 136 valence electrons. The number of rotatable bonds is 3. The van der Waals surface area contributed by atoms with Crippen LogP contribution in [-0.4, -0.2) is 28.3 Å². The molecule has 3 heterocycles. The van der Waals surface area contributed by atoms with Crippen LogP contribution >= 0.6 is 0 Å². The van der Waals surface area contributed by atoms with E-state index in [9.17, 15) is 0 Å². The van der Waals surface area contributed by atoms with Crippen LogP contribution in [0.1, 0.15) is 27.7 Å². The van der Waals surface area contributed by atoms with E-state index in [4.69, 9.17) is 9.31 Å². The van der Waals surface area contributed by atoms with Gasteiger partial charge in [-0.15, -0.1) is 0 Å². The fraction of sp³-hybridized carbons (Fsp3) is 0.273. The van der Waals surface area contributed by atoms with Crippen LogP contribution in [-0.2, 0) is 9.31 Å². The molecule has 0 amide bonds. The first-order chi connectivity index (χ1) is 12.9. The third-order valence-electron chi connectivity index (χ3n) is 5.51.